The van der Waals surface area contributed by atoms with E-state index in [4.69, 9.17) is 5.11 Å². The zero-order valence-corrected chi connectivity index (χ0v) is 8.19. The van der Waals surface area contributed by atoms with E-state index in [-0.39, 0.29) is 5.69 Å². The molecule has 0 fully saturated rings. The molecule has 15 heavy (non-hydrogen) atoms. The summed E-state index contributed by atoms with van der Waals surface area (Å²) < 4.78 is 0. The number of aromatic nitrogens is 2. The van der Waals surface area contributed by atoms with E-state index < -0.39 is 5.97 Å². The van der Waals surface area contributed by atoms with Gasteiger partial charge in [-0.25, -0.2) is 4.79 Å². The molecule has 0 aliphatic carbocycles. The first-order valence-electron chi connectivity index (χ1n) is 4.53. The van der Waals surface area contributed by atoms with Crippen LogP contribution in [0.4, 0.5) is 0 Å². The van der Waals surface area contributed by atoms with E-state index >= 15 is 0 Å². The predicted octanol–water partition coefficient (Wildman–Crippen LogP) is 2.08. The van der Waals surface area contributed by atoms with Crippen molar-refractivity contribution in [3.8, 4) is 11.3 Å². The van der Waals surface area contributed by atoms with Crippen molar-refractivity contribution in [1.82, 2.24) is 9.97 Å². The van der Waals surface area contributed by atoms with E-state index in [1.165, 1.54) is 0 Å². The van der Waals surface area contributed by atoms with Gasteiger partial charge in [-0.15, -0.1) is 0 Å². The SMILES string of the molecule is Cc1ncccc1-c1ccc(C(=O)O)[nH]1. The molecule has 0 unspecified atom stereocenters. The highest BCUT2D eigenvalue weighted by Gasteiger charge is 2.08. The number of hydrogen-bond donors (Lipinski definition) is 2. The van der Waals surface area contributed by atoms with Crippen molar-refractivity contribution in [2.24, 2.45) is 0 Å². The summed E-state index contributed by atoms with van der Waals surface area (Å²) in [5.41, 5.74) is 2.76. The Morgan fingerprint density at radius 3 is 2.80 bits per heavy atom. The molecule has 76 valence electrons. The minimum Gasteiger partial charge on any atom is -0.477 e. The Morgan fingerprint density at radius 1 is 1.40 bits per heavy atom. The highest BCUT2D eigenvalue weighted by Crippen LogP contribution is 2.20. The number of nitrogens with zero attached hydrogens (tertiary/aromatic N) is 1. The molecule has 0 amide bonds. The van der Waals surface area contributed by atoms with Gasteiger partial charge in [-0.3, -0.25) is 4.98 Å². The lowest BCUT2D eigenvalue weighted by Gasteiger charge is -2.00. The molecule has 0 saturated heterocycles. The summed E-state index contributed by atoms with van der Waals surface area (Å²) in [4.78, 5) is 17.7. The van der Waals surface area contributed by atoms with Gasteiger partial charge in [-0.1, -0.05) is 0 Å². The maximum Gasteiger partial charge on any atom is 0.352 e. The second kappa shape index (κ2) is 3.57. The van der Waals surface area contributed by atoms with Gasteiger partial charge in [0.05, 0.1) is 0 Å². The van der Waals surface area contributed by atoms with E-state index in [0.717, 1.165) is 17.0 Å². The lowest BCUT2D eigenvalue weighted by molar-refractivity contribution is 0.0691. The van der Waals surface area contributed by atoms with Crippen molar-refractivity contribution in [3.63, 3.8) is 0 Å². The molecule has 0 aromatic carbocycles. The topological polar surface area (TPSA) is 66.0 Å². The molecule has 2 rings (SSSR count). The van der Waals surface area contributed by atoms with Crippen LogP contribution in [0.5, 0.6) is 0 Å². The summed E-state index contributed by atoms with van der Waals surface area (Å²) in [6.07, 6.45) is 1.71. The van der Waals surface area contributed by atoms with Gasteiger partial charge in [0.25, 0.3) is 0 Å². The van der Waals surface area contributed by atoms with Crippen molar-refractivity contribution < 1.29 is 9.90 Å². The van der Waals surface area contributed by atoms with Crippen molar-refractivity contribution in [3.05, 3.63) is 41.9 Å². The molecule has 2 aromatic heterocycles. The van der Waals surface area contributed by atoms with Crippen molar-refractivity contribution in [2.75, 3.05) is 0 Å². The Bertz CT molecular complexity index is 503. The number of aromatic amines is 1. The van der Waals surface area contributed by atoms with Gasteiger partial charge in [-0.2, -0.15) is 0 Å². The maximum absolute atomic E-state index is 10.7. The Labute approximate surface area is 86.6 Å². The molecule has 0 radical (unpaired) electrons. The molecular formula is C11H10N2O2. The fraction of sp³-hybridized carbons (Fsp3) is 0.0909. The Kier molecular flexibility index (Phi) is 2.25. The standard InChI is InChI=1S/C11H10N2O2/c1-7-8(3-2-6-12-7)9-4-5-10(13-9)11(14)15/h2-6,13H,1H3,(H,14,15). The first-order chi connectivity index (χ1) is 7.18. The molecule has 0 atom stereocenters. The molecule has 2 heterocycles. The molecule has 2 aromatic rings. The van der Waals surface area contributed by atoms with Gasteiger partial charge in [0, 0.05) is 23.1 Å². The van der Waals surface area contributed by atoms with E-state index in [0.29, 0.717) is 0 Å². The Morgan fingerprint density at radius 2 is 2.20 bits per heavy atom. The van der Waals surface area contributed by atoms with Crippen LogP contribution in [0.15, 0.2) is 30.5 Å². The third-order valence-electron chi connectivity index (χ3n) is 2.21. The Hall–Kier alpha value is -2.10. The van der Waals surface area contributed by atoms with E-state index in [1.54, 1.807) is 18.3 Å². The minimum atomic E-state index is -0.956. The molecule has 4 nitrogen and oxygen atoms in total. The van der Waals surface area contributed by atoms with Crippen LogP contribution in [-0.2, 0) is 0 Å². The number of pyridine rings is 1. The number of aromatic carboxylic acids is 1. The van der Waals surface area contributed by atoms with E-state index in [1.807, 2.05) is 19.1 Å². The number of hydrogen-bond acceptors (Lipinski definition) is 2. The average Bonchev–Trinajstić information content (AvgIpc) is 2.67. The first kappa shape index (κ1) is 9.45. The highest BCUT2D eigenvalue weighted by molar-refractivity contribution is 5.86. The van der Waals surface area contributed by atoms with Crippen LogP contribution in [0.2, 0.25) is 0 Å². The molecule has 0 aliphatic heterocycles. The fourth-order valence-corrected chi connectivity index (χ4v) is 1.45. The summed E-state index contributed by atoms with van der Waals surface area (Å²) in [6, 6.07) is 7.01. The molecule has 0 saturated carbocycles. The summed E-state index contributed by atoms with van der Waals surface area (Å²) in [7, 11) is 0. The van der Waals surface area contributed by atoms with Crippen LogP contribution >= 0.6 is 0 Å². The van der Waals surface area contributed by atoms with Crippen molar-refractivity contribution >= 4 is 5.97 Å². The second-order valence-electron chi connectivity index (χ2n) is 3.23. The lowest BCUT2D eigenvalue weighted by atomic mass is 10.1. The van der Waals surface area contributed by atoms with Crippen LogP contribution in [0, 0.1) is 6.92 Å². The van der Waals surface area contributed by atoms with Crippen LogP contribution in [0.25, 0.3) is 11.3 Å². The number of aryl methyl sites for hydroxylation is 1. The third kappa shape index (κ3) is 1.74. The van der Waals surface area contributed by atoms with Crippen LogP contribution in [0.3, 0.4) is 0 Å². The van der Waals surface area contributed by atoms with Gasteiger partial charge in [0.1, 0.15) is 5.69 Å². The summed E-state index contributed by atoms with van der Waals surface area (Å²) in [5, 5.41) is 8.77. The number of carboxylic acids is 1. The van der Waals surface area contributed by atoms with Crippen molar-refractivity contribution in [1.29, 1.82) is 0 Å². The summed E-state index contributed by atoms with van der Waals surface area (Å²) in [6.45, 7) is 1.89. The Balaban J connectivity index is 2.46. The van der Waals surface area contributed by atoms with Gasteiger partial charge < -0.3 is 10.1 Å². The van der Waals surface area contributed by atoms with Crippen LogP contribution in [-0.4, -0.2) is 21.0 Å². The van der Waals surface area contributed by atoms with Crippen LogP contribution < -0.4 is 0 Å². The largest absolute Gasteiger partial charge is 0.477 e. The predicted molar refractivity (Wildman–Crippen MR) is 55.7 cm³/mol. The quantitative estimate of drug-likeness (QED) is 0.783. The second-order valence-corrected chi connectivity index (χ2v) is 3.23. The maximum atomic E-state index is 10.7. The van der Waals surface area contributed by atoms with Gasteiger partial charge in [-0.05, 0) is 31.2 Å². The number of rotatable bonds is 2. The molecule has 0 spiro atoms. The number of H-pyrrole nitrogens is 1. The van der Waals surface area contributed by atoms with Gasteiger partial charge in [0.15, 0.2) is 0 Å². The van der Waals surface area contributed by atoms with Gasteiger partial charge >= 0.3 is 5.97 Å². The normalized spacial score (nSPS) is 10.2. The van der Waals surface area contributed by atoms with Crippen LogP contribution in [0.1, 0.15) is 16.2 Å². The monoisotopic (exact) mass is 202 g/mol. The summed E-state index contributed by atoms with van der Waals surface area (Å²) >= 11 is 0. The fourth-order valence-electron chi connectivity index (χ4n) is 1.45. The number of nitrogens with one attached hydrogen (secondary N) is 1. The molecular weight excluding hydrogens is 192 g/mol. The van der Waals surface area contributed by atoms with Crippen molar-refractivity contribution in [2.45, 2.75) is 6.92 Å². The molecule has 2 N–H and O–H groups in total. The van der Waals surface area contributed by atoms with Gasteiger partial charge in [0.2, 0.25) is 0 Å². The molecule has 0 bridgehead atoms. The summed E-state index contributed by atoms with van der Waals surface area (Å²) in [5.74, 6) is -0.956. The smallest absolute Gasteiger partial charge is 0.352 e. The zero-order valence-electron chi connectivity index (χ0n) is 8.19. The number of carboxylic acid groups (broad SMARTS) is 1. The third-order valence-corrected chi connectivity index (χ3v) is 2.21. The average molecular weight is 202 g/mol. The minimum absolute atomic E-state index is 0.188. The van der Waals surface area contributed by atoms with E-state index in [2.05, 4.69) is 9.97 Å². The molecule has 0 aliphatic rings. The highest BCUT2D eigenvalue weighted by atomic mass is 16.4. The number of carbonyl (C=O) groups is 1. The molecule has 4 heteroatoms. The lowest BCUT2D eigenvalue weighted by Crippen LogP contribution is -1.96. The first-order valence-corrected chi connectivity index (χ1v) is 4.53. The van der Waals surface area contributed by atoms with E-state index in [9.17, 15) is 4.79 Å². The zero-order chi connectivity index (χ0) is 10.8.